The van der Waals surface area contributed by atoms with Gasteiger partial charge in [-0.2, -0.15) is 0 Å². The van der Waals surface area contributed by atoms with Crippen molar-refractivity contribution < 1.29 is 59.9 Å². The maximum atomic E-state index is 13.1. The molecule has 2 amide bonds. The van der Waals surface area contributed by atoms with Crippen LogP contribution in [-0.4, -0.2) is 115 Å². The van der Waals surface area contributed by atoms with Crippen molar-refractivity contribution >= 4 is 23.2 Å². The molecule has 0 aromatic heterocycles. The zero-order valence-electron chi connectivity index (χ0n) is 28.3. The number of anilines is 2. The summed E-state index contributed by atoms with van der Waals surface area (Å²) < 4.78 is 11.2. The molecule has 10 N–H and O–H groups in total. The first-order valence-electron chi connectivity index (χ1n) is 17.1. The Balaban J connectivity index is 1.03. The van der Waals surface area contributed by atoms with Crippen molar-refractivity contribution in [3.05, 3.63) is 130 Å². The molecule has 4 aromatic carbocycles. The van der Waals surface area contributed by atoms with E-state index in [1.807, 2.05) is 24.3 Å². The van der Waals surface area contributed by atoms with Gasteiger partial charge < -0.3 is 61.0 Å². The first-order chi connectivity index (χ1) is 25.5. The molecule has 0 bridgehead atoms. The van der Waals surface area contributed by atoms with Crippen molar-refractivity contribution in [3.63, 3.8) is 0 Å². The minimum atomic E-state index is -1.53. The number of nitrogens with one attached hydrogen (secondary N) is 2. The van der Waals surface area contributed by atoms with Gasteiger partial charge in [-0.25, -0.2) is 0 Å². The summed E-state index contributed by atoms with van der Waals surface area (Å²) in [6.45, 7) is -1.11. The number of hydrogen-bond acceptors (Lipinski definition) is 12. The maximum Gasteiger partial charge on any atom is 0.255 e. The van der Waals surface area contributed by atoms with Crippen LogP contribution >= 0.6 is 0 Å². The van der Waals surface area contributed by atoms with Gasteiger partial charge in [0.05, 0.1) is 13.2 Å². The number of carbonyl (C=O) groups excluding carboxylic acids is 2. The van der Waals surface area contributed by atoms with E-state index < -0.39 is 86.1 Å². The predicted molar refractivity (Wildman–Crippen MR) is 190 cm³/mol. The molecule has 14 nitrogen and oxygen atoms in total. The Morgan fingerprint density at radius 3 is 1.25 bits per heavy atom. The second-order valence-electron chi connectivity index (χ2n) is 13.2. The molecule has 53 heavy (non-hydrogen) atoms. The summed E-state index contributed by atoms with van der Waals surface area (Å²) in [6.07, 6.45) is -12.7. The predicted octanol–water partition coefficient (Wildman–Crippen LogP) is 0.812. The molecule has 2 saturated heterocycles. The molecule has 2 fully saturated rings. The zero-order chi connectivity index (χ0) is 37.8. The lowest BCUT2D eigenvalue weighted by atomic mass is 9.90. The fraction of sp³-hybridized carbons (Fsp3) is 0.333. The van der Waals surface area contributed by atoms with Gasteiger partial charge in [0.25, 0.3) is 11.8 Å². The average Bonchev–Trinajstić information content (AvgIpc) is 3.18. The Morgan fingerprint density at radius 2 is 0.887 bits per heavy atom. The summed E-state index contributed by atoms with van der Waals surface area (Å²) in [5, 5.41) is 86.1. The highest BCUT2D eigenvalue weighted by atomic mass is 16.6. The molecule has 6 rings (SSSR count). The second kappa shape index (κ2) is 16.6. The largest absolute Gasteiger partial charge is 0.394 e. The van der Waals surface area contributed by atoms with Crippen molar-refractivity contribution in [2.24, 2.45) is 0 Å². The average molecular weight is 731 g/mol. The van der Waals surface area contributed by atoms with Gasteiger partial charge in [-0.05, 0) is 77.2 Å². The van der Waals surface area contributed by atoms with E-state index in [2.05, 4.69) is 10.6 Å². The Labute approximate surface area is 304 Å². The number of hydrogen-bond donors (Lipinski definition) is 10. The van der Waals surface area contributed by atoms with Gasteiger partial charge in [0, 0.05) is 22.5 Å². The fourth-order valence-corrected chi connectivity index (χ4v) is 6.52. The van der Waals surface area contributed by atoms with Crippen molar-refractivity contribution in [2.75, 3.05) is 23.8 Å². The molecule has 10 unspecified atom stereocenters. The van der Waals surface area contributed by atoms with Crippen molar-refractivity contribution in [2.45, 2.75) is 67.5 Å². The van der Waals surface area contributed by atoms with Gasteiger partial charge in [-0.1, -0.05) is 48.5 Å². The summed E-state index contributed by atoms with van der Waals surface area (Å²) in [6, 6.07) is 27.2. The van der Waals surface area contributed by atoms with E-state index in [4.69, 9.17) is 9.47 Å². The minimum Gasteiger partial charge on any atom is -0.394 e. The van der Waals surface area contributed by atoms with Gasteiger partial charge in [0.1, 0.15) is 61.0 Å². The standard InChI is InChI=1S/C39H42N2O12/c42-18-28-30(44)32(46)34(48)36(52-28)22-3-1-5-24(16-22)38(50)40-26-11-7-20(8-12-26)15-21-9-13-27(14-10-21)41-39(51)25-6-2-4-23(17-25)37-35(49)33(47)31(45)29(19-43)53-37/h1-14,16-17,28-37,42-49H,15,18-19H2,(H,40,50)(H,41,51). The van der Waals surface area contributed by atoms with Crippen molar-refractivity contribution in [1.82, 2.24) is 0 Å². The molecule has 14 heteroatoms. The smallest absolute Gasteiger partial charge is 0.255 e. The zero-order valence-corrected chi connectivity index (χ0v) is 28.3. The summed E-state index contributed by atoms with van der Waals surface area (Å²) in [7, 11) is 0. The molecule has 280 valence electrons. The molecule has 2 aliphatic rings. The Morgan fingerprint density at radius 1 is 0.509 bits per heavy atom. The van der Waals surface area contributed by atoms with Crippen LogP contribution in [0.2, 0.25) is 0 Å². The van der Waals surface area contributed by atoms with Gasteiger partial charge in [0.15, 0.2) is 0 Å². The van der Waals surface area contributed by atoms with E-state index in [1.54, 1.807) is 60.7 Å². The number of aliphatic hydroxyl groups excluding tert-OH is 8. The molecular formula is C39H42N2O12. The number of aliphatic hydroxyl groups is 8. The molecule has 0 saturated carbocycles. The number of ether oxygens (including phenoxy) is 2. The molecule has 0 aliphatic carbocycles. The number of benzene rings is 4. The van der Waals surface area contributed by atoms with Crippen LogP contribution in [0.25, 0.3) is 0 Å². The summed E-state index contributed by atoms with van der Waals surface area (Å²) in [5.41, 5.74) is 4.38. The molecule has 10 atom stereocenters. The fourth-order valence-electron chi connectivity index (χ4n) is 6.52. The number of rotatable bonds is 10. The number of amides is 2. The highest BCUT2D eigenvalue weighted by molar-refractivity contribution is 6.05. The van der Waals surface area contributed by atoms with Gasteiger partial charge in [-0.15, -0.1) is 0 Å². The Bertz CT molecular complexity index is 1730. The minimum absolute atomic E-state index is 0.275. The lowest BCUT2D eigenvalue weighted by Crippen LogP contribution is -2.55. The van der Waals surface area contributed by atoms with E-state index in [0.717, 1.165) is 11.1 Å². The third-order valence-electron chi connectivity index (χ3n) is 9.57. The van der Waals surface area contributed by atoms with E-state index in [9.17, 15) is 50.4 Å². The molecule has 0 radical (unpaired) electrons. The number of carbonyl (C=O) groups is 2. The normalized spacial score (nSPS) is 28.6. The van der Waals surface area contributed by atoms with E-state index >= 15 is 0 Å². The summed E-state index contributed by atoms with van der Waals surface area (Å²) in [4.78, 5) is 26.2. The third-order valence-corrected chi connectivity index (χ3v) is 9.57. The first-order valence-corrected chi connectivity index (χ1v) is 17.1. The van der Waals surface area contributed by atoms with Crippen LogP contribution in [0.3, 0.4) is 0 Å². The van der Waals surface area contributed by atoms with Crippen LogP contribution in [-0.2, 0) is 15.9 Å². The van der Waals surface area contributed by atoms with Crippen molar-refractivity contribution in [3.8, 4) is 0 Å². The third kappa shape index (κ3) is 8.48. The summed E-state index contributed by atoms with van der Waals surface area (Å²) >= 11 is 0. The van der Waals surface area contributed by atoms with Crippen LogP contribution in [0.15, 0.2) is 97.1 Å². The van der Waals surface area contributed by atoms with Gasteiger partial charge in [-0.3, -0.25) is 9.59 Å². The van der Waals surface area contributed by atoms with Crippen LogP contribution in [0.4, 0.5) is 11.4 Å². The molecular weight excluding hydrogens is 688 g/mol. The van der Waals surface area contributed by atoms with Crippen molar-refractivity contribution in [1.29, 1.82) is 0 Å². The van der Waals surface area contributed by atoms with Crippen LogP contribution < -0.4 is 10.6 Å². The first kappa shape index (κ1) is 38.2. The highest BCUT2D eigenvalue weighted by Gasteiger charge is 2.45. The van der Waals surface area contributed by atoms with E-state index in [0.29, 0.717) is 28.9 Å². The van der Waals surface area contributed by atoms with Gasteiger partial charge in [0.2, 0.25) is 0 Å². The molecule has 0 spiro atoms. The lowest BCUT2D eigenvalue weighted by Gasteiger charge is -2.40. The monoisotopic (exact) mass is 730 g/mol. The Kier molecular flexibility index (Phi) is 12.0. The van der Waals surface area contributed by atoms with E-state index in [1.165, 1.54) is 12.1 Å². The lowest BCUT2D eigenvalue weighted by molar-refractivity contribution is -0.231. The van der Waals surface area contributed by atoms with E-state index in [-0.39, 0.29) is 11.1 Å². The summed E-state index contributed by atoms with van der Waals surface area (Å²) in [5.74, 6) is -0.829. The second-order valence-corrected chi connectivity index (χ2v) is 13.2. The topological polar surface area (TPSA) is 238 Å². The molecule has 2 aliphatic heterocycles. The quantitative estimate of drug-likeness (QED) is 0.109. The van der Waals surface area contributed by atoms with Crippen LogP contribution in [0.1, 0.15) is 55.2 Å². The molecule has 2 heterocycles. The Hall–Kier alpha value is -4.58. The van der Waals surface area contributed by atoms with Gasteiger partial charge >= 0.3 is 0 Å². The highest BCUT2D eigenvalue weighted by Crippen LogP contribution is 2.34. The van der Waals surface area contributed by atoms with Crippen LogP contribution in [0, 0.1) is 0 Å². The maximum absolute atomic E-state index is 13.1. The SMILES string of the molecule is O=C(Nc1ccc(Cc2ccc(NC(=O)c3cccc(C4OC(CO)C(O)C(O)C4O)c3)cc2)cc1)c1cccc(C2OC(CO)C(O)C(O)C2O)c1. The van der Waals surface area contributed by atoms with Crippen LogP contribution in [0.5, 0.6) is 0 Å². The molecule has 4 aromatic rings.